The van der Waals surface area contributed by atoms with Gasteiger partial charge >= 0.3 is 5.76 Å². The van der Waals surface area contributed by atoms with Gasteiger partial charge in [-0.25, -0.2) is 4.79 Å². The van der Waals surface area contributed by atoms with Crippen LogP contribution >= 0.6 is 0 Å². The molecule has 3 nitrogen and oxygen atoms in total. The van der Waals surface area contributed by atoms with Crippen LogP contribution in [0.15, 0.2) is 34.0 Å². The number of aromatic amines is 1. The molecule has 0 spiro atoms. The summed E-state index contributed by atoms with van der Waals surface area (Å²) in [5.41, 5.74) is 1.57. The molecule has 0 atom stereocenters. The molecule has 0 aliphatic rings. The number of rotatable bonds is 3. The van der Waals surface area contributed by atoms with Gasteiger partial charge < -0.3 is 11.8 Å². The number of hydrogen-bond donors (Lipinski definition) is 1. The molecular weight excluding hydrogens is 445 g/mol. The Morgan fingerprint density at radius 3 is 2.29 bits per heavy atom. The van der Waals surface area contributed by atoms with Gasteiger partial charge in [0.25, 0.3) is 0 Å². The van der Waals surface area contributed by atoms with Crippen LogP contribution in [-0.2, 0) is 0 Å². The van der Waals surface area contributed by atoms with E-state index >= 15 is 0 Å². The monoisotopic (exact) mass is 463 g/mol. The summed E-state index contributed by atoms with van der Waals surface area (Å²) in [4.78, 5) is 13.4. The minimum Gasteiger partial charge on any atom is -0.408 e. The van der Waals surface area contributed by atoms with Crippen LogP contribution in [0, 0.1) is 21.7 Å². The van der Waals surface area contributed by atoms with Crippen LogP contribution in [-0.4, -0.2) is 4.98 Å². The van der Waals surface area contributed by atoms with Crippen molar-refractivity contribution in [2.75, 3.05) is 0 Å². The third-order valence-corrected chi connectivity index (χ3v) is 1.58. The van der Waals surface area contributed by atoms with Crippen LogP contribution in [0.2, 0.25) is 0 Å². The van der Waals surface area contributed by atoms with Crippen LogP contribution in [0.5, 0.6) is 0 Å². The van der Waals surface area contributed by atoms with Gasteiger partial charge in [0.1, 0.15) is 0 Å². The van der Waals surface area contributed by atoms with Gasteiger partial charge in [0, 0.05) is 14.3 Å². The van der Waals surface area contributed by atoms with Crippen molar-refractivity contribution in [3.63, 3.8) is 0 Å². The molecule has 97 valence electrons. The second kappa shape index (κ2) is 11.1. The summed E-state index contributed by atoms with van der Waals surface area (Å²) in [6.45, 7) is 13.0. The number of nitrogens with one attached hydrogen (secondary N) is 1. The minimum atomic E-state index is -0.474. The number of aromatic nitrogens is 1. The van der Waals surface area contributed by atoms with E-state index in [9.17, 15) is 4.79 Å². The summed E-state index contributed by atoms with van der Waals surface area (Å²) >= 11 is 0. The van der Waals surface area contributed by atoms with Gasteiger partial charge in [-0.05, 0) is 24.6 Å². The maximum absolute atomic E-state index is 10.8. The molecule has 0 aliphatic carbocycles. The molecule has 0 bridgehead atoms. The summed E-state index contributed by atoms with van der Waals surface area (Å²) in [6.07, 6.45) is 4.95. The average Bonchev–Trinajstić information content (AvgIpc) is 2.61. The first-order valence-corrected chi connectivity index (χ1v) is 4.83. The zero-order chi connectivity index (χ0) is 11.8. The second-order valence-corrected chi connectivity index (χ2v) is 2.59. The first kappa shape index (κ1) is 21.0. The van der Waals surface area contributed by atoms with E-state index in [4.69, 9.17) is 4.42 Å². The van der Waals surface area contributed by atoms with E-state index in [2.05, 4.69) is 18.1 Å². The van der Waals surface area contributed by atoms with E-state index in [-0.39, 0.29) is 21.7 Å². The molecule has 1 aromatic rings. The van der Waals surface area contributed by atoms with Gasteiger partial charge in [0.2, 0.25) is 0 Å². The van der Waals surface area contributed by atoms with Gasteiger partial charge in [-0.1, -0.05) is 33.1 Å². The Morgan fingerprint density at radius 2 is 1.88 bits per heavy atom. The SMILES string of the molecule is C=C/C(C)=C\c1[nH]c(=O)oc1C=C.CC.[Am].[CH3-]. The average molecular weight is 465 g/mol. The van der Waals surface area contributed by atoms with Gasteiger partial charge in [0.05, 0.1) is 5.69 Å². The van der Waals surface area contributed by atoms with Gasteiger partial charge in [-0.15, -0.1) is 0 Å². The predicted molar refractivity (Wildman–Crippen MR) is 71.0 cm³/mol. The summed E-state index contributed by atoms with van der Waals surface area (Å²) in [5, 5.41) is 0. The number of hydrogen-bond acceptors (Lipinski definition) is 2. The molecule has 1 heterocycles. The first-order valence-electron chi connectivity index (χ1n) is 4.83. The molecule has 0 aliphatic heterocycles. The molecule has 17 heavy (non-hydrogen) atoms. The van der Waals surface area contributed by atoms with Crippen LogP contribution in [0.1, 0.15) is 32.2 Å². The van der Waals surface area contributed by atoms with E-state index in [0.29, 0.717) is 11.5 Å². The van der Waals surface area contributed by atoms with Crippen molar-refractivity contribution >= 4 is 12.2 Å². The van der Waals surface area contributed by atoms with Crippen molar-refractivity contribution in [2.24, 2.45) is 0 Å². The topological polar surface area (TPSA) is 46.0 Å². The van der Waals surface area contributed by atoms with Crippen molar-refractivity contribution in [1.82, 2.24) is 4.98 Å². The van der Waals surface area contributed by atoms with Crippen LogP contribution in [0.4, 0.5) is 0 Å². The fourth-order valence-electron chi connectivity index (χ4n) is 0.897. The summed E-state index contributed by atoms with van der Waals surface area (Å²) in [5.74, 6) is -0.0239. The summed E-state index contributed by atoms with van der Waals surface area (Å²) in [7, 11) is 0. The van der Waals surface area contributed by atoms with Crippen LogP contribution in [0.3, 0.4) is 0 Å². The Hall–Kier alpha value is -1.38. The Bertz CT molecular complexity index is 413. The molecule has 0 aromatic carbocycles. The standard InChI is InChI=1S/C10H11NO2.C2H6.CH3.Am/c1-4-7(3)6-8-9(5-2)13-10(12)11-8;1-2;;/h4-6H,1-2H2,3H3,(H,11,12);1-2H3;1H3;/q;;-1;/b7-6-;;;. The molecule has 1 rings (SSSR count). The van der Waals surface area contributed by atoms with Crippen molar-refractivity contribution in [3.05, 3.63) is 54.2 Å². The molecule has 4 heteroatoms. The molecule has 1 N–H and O–H groups in total. The first-order chi connectivity index (χ1) is 7.17. The third kappa shape index (κ3) is 6.72. The third-order valence-electron chi connectivity index (χ3n) is 1.58. The van der Waals surface area contributed by atoms with E-state index < -0.39 is 5.76 Å². The maximum Gasteiger partial charge on any atom is 0.417 e. The molecule has 1 aromatic heterocycles. The fourth-order valence-corrected chi connectivity index (χ4v) is 0.897. The smallest absolute Gasteiger partial charge is 0.408 e. The predicted octanol–water partition coefficient (Wildman–Crippen LogP) is 3.68. The summed E-state index contributed by atoms with van der Waals surface area (Å²) in [6, 6.07) is 0. The minimum absolute atomic E-state index is 0. The Balaban J connectivity index is -0.000000464. The maximum atomic E-state index is 10.8. The molecule has 0 amide bonds. The van der Waals surface area contributed by atoms with Crippen molar-refractivity contribution in [3.8, 4) is 0 Å². The fraction of sp³-hybridized carbons (Fsp3) is 0.231. The number of H-pyrrole nitrogens is 1. The number of allylic oxidation sites excluding steroid dienone is 2. The van der Waals surface area contributed by atoms with Crippen molar-refractivity contribution < 1.29 is 18.7 Å². The van der Waals surface area contributed by atoms with Crippen molar-refractivity contribution in [2.45, 2.75) is 20.8 Å². The van der Waals surface area contributed by atoms with E-state index in [1.165, 1.54) is 6.08 Å². The molecule has 0 saturated heterocycles. The van der Waals surface area contributed by atoms with Gasteiger partial charge in [-0.3, -0.25) is 4.98 Å². The normalized spacial score (nSPS) is 9.00. The van der Waals surface area contributed by atoms with Gasteiger partial charge in [0.15, 0.2) is 5.76 Å². The second-order valence-electron chi connectivity index (χ2n) is 2.59. The Morgan fingerprint density at radius 1 is 1.35 bits per heavy atom. The quantitative estimate of drug-likeness (QED) is 0.547. The zero-order valence-corrected chi connectivity index (χ0v) is 14.0. The molecule has 0 saturated carbocycles. The summed E-state index contributed by atoms with van der Waals surface area (Å²) < 4.78 is 4.80. The van der Waals surface area contributed by atoms with E-state index in [0.717, 1.165) is 5.57 Å². The number of oxazole rings is 1. The van der Waals surface area contributed by atoms with E-state index in [1.807, 2.05) is 20.8 Å². The molecular formula is C13H20AmNO2-. The van der Waals surface area contributed by atoms with Crippen molar-refractivity contribution in [1.29, 1.82) is 0 Å². The zero-order valence-electron chi connectivity index (χ0n) is 10.8. The van der Waals surface area contributed by atoms with E-state index in [1.54, 1.807) is 12.2 Å². The Kier molecular flexibility index (Phi) is 13.7. The largest absolute Gasteiger partial charge is 0.417 e. The van der Waals surface area contributed by atoms with Crippen LogP contribution < -0.4 is 5.76 Å². The molecule has 1 radical (unpaired) electrons. The molecule has 0 unspecified atom stereocenters. The van der Waals surface area contributed by atoms with Gasteiger partial charge in [-0.2, -0.15) is 0 Å². The Labute approximate surface area is 111 Å². The molecule has 0 fully saturated rings. The van der Waals surface area contributed by atoms with Crippen LogP contribution in [0.25, 0.3) is 12.2 Å².